The van der Waals surface area contributed by atoms with Gasteiger partial charge in [-0.3, -0.25) is 19.3 Å². The number of imide groups is 1. The normalized spacial score (nSPS) is 16.8. The average molecular weight is 469 g/mol. The van der Waals surface area contributed by atoms with Gasteiger partial charge in [-0.25, -0.2) is 4.79 Å². The summed E-state index contributed by atoms with van der Waals surface area (Å²) >= 11 is 0. The maximum atomic E-state index is 12.7. The number of fused-ring (bicyclic) bond motifs is 3. The van der Waals surface area contributed by atoms with E-state index >= 15 is 0 Å². The quantitative estimate of drug-likeness (QED) is 0.433. The van der Waals surface area contributed by atoms with Crippen molar-refractivity contribution in [2.75, 3.05) is 26.9 Å². The molecule has 1 aromatic heterocycles. The zero-order chi connectivity index (χ0) is 24.4. The Morgan fingerprint density at radius 2 is 1.79 bits per heavy atom. The Morgan fingerprint density at radius 1 is 1.06 bits per heavy atom. The second-order valence-corrected chi connectivity index (χ2v) is 8.28. The van der Waals surface area contributed by atoms with Gasteiger partial charge in [-0.05, 0) is 37.5 Å². The smallest absolute Gasteiger partial charge is 0.343 e. The van der Waals surface area contributed by atoms with Crippen molar-refractivity contribution >= 4 is 17.8 Å². The highest BCUT2D eigenvalue weighted by Crippen LogP contribution is 2.41. The number of carbonyl (C=O) groups is 3. The molecule has 1 unspecified atom stereocenters. The van der Waals surface area contributed by atoms with Crippen LogP contribution >= 0.6 is 0 Å². The maximum absolute atomic E-state index is 12.7. The summed E-state index contributed by atoms with van der Waals surface area (Å²) in [4.78, 5) is 49.9. The molecule has 0 saturated carbocycles. The summed E-state index contributed by atoms with van der Waals surface area (Å²) in [6.45, 7) is 4.28. The van der Waals surface area contributed by atoms with Crippen LogP contribution in [0.25, 0.3) is 11.3 Å². The van der Waals surface area contributed by atoms with E-state index in [0.29, 0.717) is 23.6 Å². The Labute approximate surface area is 197 Å². The molecule has 0 aliphatic carbocycles. The molecule has 1 fully saturated rings. The van der Waals surface area contributed by atoms with Gasteiger partial charge in [0.25, 0.3) is 0 Å². The number of esters is 1. The van der Waals surface area contributed by atoms with Gasteiger partial charge < -0.3 is 18.8 Å². The minimum Gasteiger partial charge on any atom is -0.493 e. The van der Waals surface area contributed by atoms with Crippen LogP contribution in [0.1, 0.15) is 55.1 Å². The first-order valence-electron chi connectivity index (χ1n) is 11.5. The van der Waals surface area contributed by atoms with E-state index < -0.39 is 11.4 Å². The molecule has 0 radical (unpaired) electrons. The fourth-order valence-electron chi connectivity index (χ4n) is 4.52. The van der Waals surface area contributed by atoms with Crippen LogP contribution in [0, 0.1) is 0 Å². The molecule has 0 bridgehead atoms. The van der Waals surface area contributed by atoms with Gasteiger partial charge in [0.15, 0.2) is 16.9 Å². The number of aromatic nitrogens is 1. The van der Waals surface area contributed by atoms with Gasteiger partial charge in [0.1, 0.15) is 12.2 Å². The van der Waals surface area contributed by atoms with Crippen molar-refractivity contribution in [2.45, 2.75) is 45.6 Å². The summed E-state index contributed by atoms with van der Waals surface area (Å²) in [5.74, 6) is -0.00261. The van der Waals surface area contributed by atoms with E-state index in [1.54, 1.807) is 13.1 Å². The van der Waals surface area contributed by atoms with Crippen LogP contribution in [0.5, 0.6) is 11.5 Å². The third-order valence-corrected chi connectivity index (χ3v) is 6.29. The molecule has 0 N–H and O–H groups in total. The minimum absolute atomic E-state index is 0.0189. The number of rotatable bonds is 8. The molecule has 1 atom stereocenters. The fourth-order valence-corrected chi connectivity index (χ4v) is 4.52. The Bertz CT molecular complexity index is 1180. The number of ether oxygens (including phenoxy) is 3. The monoisotopic (exact) mass is 468 g/mol. The van der Waals surface area contributed by atoms with Gasteiger partial charge in [-0.1, -0.05) is 6.92 Å². The highest BCUT2D eigenvalue weighted by Gasteiger charge is 2.29. The summed E-state index contributed by atoms with van der Waals surface area (Å²) in [6.07, 6.45) is 3.55. The van der Waals surface area contributed by atoms with E-state index in [0.717, 1.165) is 17.5 Å². The van der Waals surface area contributed by atoms with E-state index in [4.69, 9.17) is 14.2 Å². The molecule has 2 aromatic rings. The lowest BCUT2D eigenvalue weighted by Crippen LogP contribution is -2.33. The van der Waals surface area contributed by atoms with Crippen LogP contribution in [-0.2, 0) is 20.7 Å². The molecule has 9 nitrogen and oxygen atoms in total. The lowest BCUT2D eigenvalue weighted by molar-refractivity contribution is -0.138. The van der Waals surface area contributed by atoms with E-state index in [2.05, 4.69) is 0 Å². The first kappa shape index (κ1) is 23.5. The lowest BCUT2D eigenvalue weighted by Gasteiger charge is -2.31. The molecule has 1 aromatic carbocycles. The zero-order valence-corrected chi connectivity index (χ0v) is 19.6. The van der Waals surface area contributed by atoms with Crippen molar-refractivity contribution in [1.82, 2.24) is 9.47 Å². The van der Waals surface area contributed by atoms with Crippen LogP contribution in [0.3, 0.4) is 0 Å². The number of amides is 2. The number of carbonyl (C=O) groups excluding carboxylic acids is 3. The molecule has 2 amide bonds. The molecule has 2 aliphatic heterocycles. The summed E-state index contributed by atoms with van der Waals surface area (Å²) < 4.78 is 18.4. The molecule has 34 heavy (non-hydrogen) atoms. The SMILES string of the molecule is CCOC(=O)c1cn2c(cc1=O)-c1cc(OC)c(OCCN3C(=O)CCC3=O)cc1CC2CC. The summed E-state index contributed by atoms with van der Waals surface area (Å²) in [6, 6.07) is 5.21. The second-order valence-electron chi connectivity index (χ2n) is 8.28. The standard InChI is InChI=1S/C25H28N2O7/c1-4-16-10-15-11-22(34-9-8-26-23(29)6-7-24(26)30)21(32-3)12-17(15)19-13-20(28)18(14-27(16)19)25(31)33-5-2/h11-14,16H,4-10H2,1-3H3. The number of methoxy groups -OCH3 is 1. The number of pyridine rings is 1. The van der Waals surface area contributed by atoms with Crippen molar-refractivity contribution < 1.29 is 28.6 Å². The van der Waals surface area contributed by atoms with Crippen molar-refractivity contribution in [3.8, 4) is 22.8 Å². The number of hydrogen-bond acceptors (Lipinski definition) is 7. The average Bonchev–Trinajstić information content (AvgIpc) is 3.15. The first-order valence-corrected chi connectivity index (χ1v) is 11.5. The molecule has 1 saturated heterocycles. The van der Waals surface area contributed by atoms with Gasteiger partial charge >= 0.3 is 5.97 Å². The van der Waals surface area contributed by atoms with Gasteiger partial charge in [0, 0.05) is 36.7 Å². The molecule has 0 spiro atoms. The topological polar surface area (TPSA) is 104 Å². The number of likely N-dealkylation sites (tertiary alicyclic amines) is 1. The highest BCUT2D eigenvalue weighted by molar-refractivity contribution is 6.01. The van der Waals surface area contributed by atoms with Crippen LogP contribution in [0.2, 0.25) is 0 Å². The highest BCUT2D eigenvalue weighted by atomic mass is 16.5. The molecule has 2 aliphatic rings. The Morgan fingerprint density at radius 3 is 2.44 bits per heavy atom. The van der Waals surface area contributed by atoms with Gasteiger partial charge in [0.05, 0.1) is 26.0 Å². The summed E-state index contributed by atoms with van der Waals surface area (Å²) in [5, 5.41) is 0. The predicted molar refractivity (Wildman–Crippen MR) is 123 cm³/mol. The zero-order valence-electron chi connectivity index (χ0n) is 19.6. The number of nitrogens with zero attached hydrogens (tertiary/aromatic N) is 2. The van der Waals surface area contributed by atoms with Gasteiger partial charge in [-0.2, -0.15) is 0 Å². The van der Waals surface area contributed by atoms with Crippen LogP contribution in [0.4, 0.5) is 0 Å². The van der Waals surface area contributed by atoms with Crippen molar-refractivity contribution in [3.63, 3.8) is 0 Å². The van der Waals surface area contributed by atoms with Crippen LogP contribution < -0.4 is 14.9 Å². The molecule has 4 rings (SSSR count). The Kier molecular flexibility index (Phi) is 6.72. The third-order valence-electron chi connectivity index (χ3n) is 6.29. The Hall–Kier alpha value is -3.62. The predicted octanol–water partition coefficient (Wildman–Crippen LogP) is 2.74. The molecule has 9 heteroatoms. The van der Waals surface area contributed by atoms with Crippen molar-refractivity contribution in [3.05, 3.63) is 45.7 Å². The van der Waals surface area contributed by atoms with E-state index in [9.17, 15) is 19.2 Å². The molecule has 180 valence electrons. The maximum Gasteiger partial charge on any atom is 0.343 e. The minimum atomic E-state index is -0.625. The van der Waals surface area contributed by atoms with Gasteiger partial charge in [-0.15, -0.1) is 0 Å². The first-order chi connectivity index (χ1) is 16.4. The van der Waals surface area contributed by atoms with E-state index in [1.165, 1.54) is 18.1 Å². The van der Waals surface area contributed by atoms with Crippen LogP contribution in [0.15, 0.2) is 29.2 Å². The largest absolute Gasteiger partial charge is 0.493 e. The van der Waals surface area contributed by atoms with Crippen molar-refractivity contribution in [2.24, 2.45) is 0 Å². The third kappa shape index (κ3) is 4.30. The molecule has 3 heterocycles. The summed E-state index contributed by atoms with van der Waals surface area (Å²) in [5.41, 5.74) is 2.13. The number of benzene rings is 1. The van der Waals surface area contributed by atoms with Crippen LogP contribution in [-0.4, -0.2) is 54.1 Å². The van der Waals surface area contributed by atoms with Gasteiger partial charge in [0.2, 0.25) is 11.8 Å². The lowest BCUT2D eigenvalue weighted by atomic mass is 9.90. The second kappa shape index (κ2) is 9.70. The van der Waals surface area contributed by atoms with Crippen molar-refractivity contribution in [1.29, 1.82) is 0 Å². The Balaban J connectivity index is 1.66. The fraction of sp³-hybridized carbons (Fsp3) is 0.440. The van der Waals surface area contributed by atoms with E-state index in [1.807, 2.05) is 23.6 Å². The molecular weight excluding hydrogens is 440 g/mol. The summed E-state index contributed by atoms with van der Waals surface area (Å²) in [7, 11) is 1.52. The number of hydrogen-bond donors (Lipinski definition) is 0. The van der Waals surface area contributed by atoms with E-state index in [-0.39, 0.29) is 56.0 Å². The molecular formula is C25H28N2O7.